The molecule has 1 N–H and O–H groups in total. The zero-order chi connectivity index (χ0) is 23.3. The third-order valence-corrected chi connectivity index (χ3v) is 8.00. The summed E-state index contributed by atoms with van der Waals surface area (Å²) in [5.41, 5.74) is 1.02. The Labute approximate surface area is 195 Å². The maximum Gasteiger partial charge on any atom is 0.332 e. The number of amides is 1. The van der Waals surface area contributed by atoms with Gasteiger partial charge in [-0.3, -0.25) is 23.5 Å². The molecule has 170 valence electrons. The highest BCUT2D eigenvalue weighted by Gasteiger charge is 2.27. The third kappa shape index (κ3) is 3.57. The summed E-state index contributed by atoms with van der Waals surface area (Å²) in [6, 6.07) is 3.64. The lowest BCUT2D eigenvalue weighted by molar-refractivity contribution is -0.116. The van der Waals surface area contributed by atoms with Gasteiger partial charge in [0.1, 0.15) is 11.5 Å². The highest BCUT2D eigenvalue weighted by atomic mass is 32.1. The first-order chi connectivity index (χ1) is 15.9. The molecule has 4 heterocycles. The van der Waals surface area contributed by atoms with Crippen molar-refractivity contribution in [1.29, 1.82) is 0 Å². The number of imidazole rings is 1. The van der Waals surface area contributed by atoms with E-state index in [1.165, 1.54) is 52.2 Å². The Kier molecular flexibility index (Phi) is 5.37. The lowest BCUT2D eigenvalue weighted by Gasteiger charge is -2.12. The van der Waals surface area contributed by atoms with Crippen LogP contribution in [0.15, 0.2) is 33.4 Å². The predicted molar refractivity (Wildman–Crippen MR) is 128 cm³/mol. The van der Waals surface area contributed by atoms with Gasteiger partial charge in [0, 0.05) is 19.0 Å². The fourth-order valence-electron chi connectivity index (χ4n) is 4.26. The van der Waals surface area contributed by atoms with E-state index in [2.05, 4.69) is 10.3 Å². The first-order valence-corrected chi connectivity index (χ1v) is 12.2. The van der Waals surface area contributed by atoms with Gasteiger partial charge in [0.25, 0.3) is 5.56 Å². The van der Waals surface area contributed by atoms with Crippen LogP contribution in [0.4, 0.5) is 5.00 Å². The van der Waals surface area contributed by atoms with E-state index in [1.807, 2.05) is 11.4 Å². The van der Waals surface area contributed by atoms with E-state index in [0.29, 0.717) is 15.4 Å². The van der Waals surface area contributed by atoms with Crippen LogP contribution < -0.4 is 16.6 Å². The van der Waals surface area contributed by atoms with Crippen LogP contribution >= 0.6 is 22.7 Å². The Bertz CT molecular complexity index is 1520. The van der Waals surface area contributed by atoms with Crippen molar-refractivity contribution in [3.63, 3.8) is 0 Å². The molecule has 0 saturated carbocycles. The number of fused-ring (bicyclic) bond motifs is 2. The number of nitrogens with zero attached hydrogens (tertiary/aromatic N) is 4. The van der Waals surface area contributed by atoms with Gasteiger partial charge in [-0.2, -0.15) is 0 Å². The van der Waals surface area contributed by atoms with E-state index in [9.17, 15) is 19.2 Å². The number of rotatable bonds is 5. The van der Waals surface area contributed by atoms with Crippen LogP contribution in [0, 0.1) is 0 Å². The fraction of sp³-hybridized carbons (Fsp3) is 0.318. The average molecular weight is 484 g/mol. The van der Waals surface area contributed by atoms with Gasteiger partial charge in [-0.15, -0.1) is 22.7 Å². The molecule has 33 heavy (non-hydrogen) atoms. The second-order valence-corrected chi connectivity index (χ2v) is 10.1. The first kappa shape index (κ1) is 21.5. The Morgan fingerprint density at radius 2 is 1.94 bits per heavy atom. The Hall–Kier alpha value is -3.31. The minimum Gasteiger partial charge on any atom is -0.316 e. The standard InChI is InChI=1S/C22H21N5O4S2/c1-25-19-17(21(30)26(2)22(25)31)27(11-23-19)10-15(28)24-20-16(18(29)14-8-5-9-32-14)12-6-3-4-7-13(12)33-20/h5,8-9,11H,3-4,6-7,10H2,1-2H3,(H,24,28). The van der Waals surface area contributed by atoms with E-state index >= 15 is 0 Å². The summed E-state index contributed by atoms with van der Waals surface area (Å²) >= 11 is 2.84. The van der Waals surface area contributed by atoms with Crippen LogP contribution in [0.25, 0.3) is 11.2 Å². The summed E-state index contributed by atoms with van der Waals surface area (Å²) in [4.78, 5) is 57.0. The van der Waals surface area contributed by atoms with Gasteiger partial charge in [-0.05, 0) is 42.7 Å². The smallest absolute Gasteiger partial charge is 0.316 e. The Morgan fingerprint density at radius 3 is 2.70 bits per heavy atom. The minimum atomic E-state index is -0.515. The van der Waals surface area contributed by atoms with Gasteiger partial charge in [-0.1, -0.05) is 6.07 Å². The molecule has 1 amide bonds. The van der Waals surface area contributed by atoms with Crippen molar-refractivity contribution in [2.75, 3.05) is 5.32 Å². The highest BCUT2D eigenvalue weighted by Crippen LogP contribution is 2.39. The van der Waals surface area contributed by atoms with Crippen LogP contribution in [-0.4, -0.2) is 30.4 Å². The molecule has 0 aromatic carbocycles. The van der Waals surface area contributed by atoms with Gasteiger partial charge in [0.2, 0.25) is 11.7 Å². The number of anilines is 1. The van der Waals surface area contributed by atoms with Crippen molar-refractivity contribution in [3.8, 4) is 0 Å². The van der Waals surface area contributed by atoms with Crippen LogP contribution in [0.5, 0.6) is 0 Å². The molecular formula is C22H21N5O4S2. The minimum absolute atomic E-state index is 0.0725. The summed E-state index contributed by atoms with van der Waals surface area (Å²) in [5.74, 6) is -0.444. The topological polar surface area (TPSA) is 108 Å². The first-order valence-electron chi connectivity index (χ1n) is 10.5. The number of nitrogens with one attached hydrogen (secondary N) is 1. The molecule has 0 fully saturated rings. The maximum absolute atomic E-state index is 13.3. The zero-order valence-electron chi connectivity index (χ0n) is 18.1. The Balaban J connectivity index is 1.49. The molecule has 0 unspecified atom stereocenters. The SMILES string of the molecule is Cn1c(=O)c2c(ncn2CC(=O)Nc2sc3c(c2C(=O)c2cccs2)CCCC3)n(C)c1=O. The van der Waals surface area contributed by atoms with Crippen LogP contribution in [0.1, 0.15) is 38.5 Å². The van der Waals surface area contributed by atoms with Crippen LogP contribution in [0.2, 0.25) is 0 Å². The molecule has 4 aromatic heterocycles. The van der Waals surface area contributed by atoms with Crippen molar-refractivity contribution in [2.24, 2.45) is 14.1 Å². The molecule has 9 nitrogen and oxygen atoms in total. The molecule has 0 spiro atoms. The van der Waals surface area contributed by atoms with E-state index in [0.717, 1.165) is 40.7 Å². The number of carbonyl (C=O) groups is 2. The third-order valence-electron chi connectivity index (χ3n) is 5.93. The molecular weight excluding hydrogens is 462 g/mol. The second-order valence-electron chi connectivity index (χ2n) is 8.02. The molecule has 11 heteroatoms. The second kappa shape index (κ2) is 8.23. The van der Waals surface area contributed by atoms with Gasteiger partial charge < -0.3 is 9.88 Å². The van der Waals surface area contributed by atoms with Crippen molar-refractivity contribution in [2.45, 2.75) is 32.2 Å². The lowest BCUT2D eigenvalue weighted by atomic mass is 9.93. The molecule has 0 atom stereocenters. The summed E-state index contributed by atoms with van der Waals surface area (Å²) in [5, 5.41) is 5.33. The number of hydrogen-bond acceptors (Lipinski definition) is 7. The van der Waals surface area contributed by atoms with Gasteiger partial charge in [-0.25, -0.2) is 9.78 Å². The predicted octanol–water partition coefficient (Wildman–Crippen LogP) is 2.31. The summed E-state index contributed by atoms with van der Waals surface area (Å²) < 4.78 is 3.69. The van der Waals surface area contributed by atoms with Gasteiger partial charge in [0.05, 0.1) is 16.8 Å². The highest BCUT2D eigenvalue weighted by molar-refractivity contribution is 7.17. The number of aromatic nitrogens is 4. The lowest BCUT2D eigenvalue weighted by Crippen LogP contribution is -2.37. The van der Waals surface area contributed by atoms with E-state index in [-0.39, 0.29) is 29.4 Å². The average Bonchev–Trinajstić information content (AvgIpc) is 3.54. The van der Waals surface area contributed by atoms with Crippen molar-refractivity contribution >= 4 is 50.5 Å². The van der Waals surface area contributed by atoms with Gasteiger partial charge in [0.15, 0.2) is 11.2 Å². The number of hydrogen-bond donors (Lipinski definition) is 1. The summed E-state index contributed by atoms with van der Waals surface area (Å²) in [6.07, 6.45) is 5.19. The van der Waals surface area contributed by atoms with E-state index in [1.54, 1.807) is 6.07 Å². The summed E-state index contributed by atoms with van der Waals surface area (Å²) in [6.45, 7) is -0.168. The number of thiophene rings is 2. The number of carbonyl (C=O) groups excluding carboxylic acids is 2. The normalized spacial score (nSPS) is 13.3. The van der Waals surface area contributed by atoms with Crippen LogP contribution in [0.3, 0.4) is 0 Å². The van der Waals surface area contributed by atoms with Crippen LogP contribution in [-0.2, 0) is 38.3 Å². The molecule has 0 radical (unpaired) electrons. The summed E-state index contributed by atoms with van der Waals surface area (Å²) in [7, 11) is 2.92. The monoisotopic (exact) mass is 483 g/mol. The van der Waals surface area contributed by atoms with E-state index < -0.39 is 11.2 Å². The molecule has 4 aromatic rings. The number of ketones is 1. The molecule has 1 aliphatic rings. The molecule has 0 aliphatic heterocycles. The molecule has 0 bridgehead atoms. The van der Waals surface area contributed by atoms with E-state index in [4.69, 9.17) is 0 Å². The van der Waals surface area contributed by atoms with Gasteiger partial charge >= 0.3 is 5.69 Å². The fourth-order valence-corrected chi connectivity index (χ4v) is 6.24. The molecule has 0 saturated heterocycles. The zero-order valence-corrected chi connectivity index (χ0v) is 19.7. The van der Waals surface area contributed by atoms with Crippen molar-refractivity contribution in [3.05, 3.63) is 65.6 Å². The largest absolute Gasteiger partial charge is 0.332 e. The quantitative estimate of drug-likeness (QED) is 0.438. The van der Waals surface area contributed by atoms with Crippen molar-refractivity contribution < 1.29 is 9.59 Å². The number of aryl methyl sites for hydroxylation is 2. The Morgan fingerprint density at radius 1 is 1.15 bits per heavy atom. The molecule has 1 aliphatic carbocycles. The van der Waals surface area contributed by atoms with Crippen molar-refractivity contribution in [1.82, 2.24) is 18.7 Å². The molecule has 5 rings (SSSR count). The maximum atomic E-state index is 13.3.